The summed E-state index contributed by atoms with van der Waals surface area (Å²) in [6.45, 7) is 0.860. The molecule has 0 unspecified atom stereocenters. The number of aromatic nitrogens is 1. The molecule has 1 aromatic heterocycles. The van der Waals surface area contributed by atoms with Crippen LogP contribution in [0.5, 0.6) is 17.4 Å². The van der Waals surface area contributed by atoms with Gasteiger partial charge < -0.3 is 20.1 Å². The van der Waals surface area contributed by atoms with E-state index in [1.807, 2.05) is 24.3 Å². The molecule has 7 heteroatoms. The number of benzene rings is 2. The molecule has 2 N–H and O–H groups in total. The van der Waals surface area contributed by atoms with Crippen molar-refractivity contribution in [3.63, 3.8) is 0 Å². The molecule has 1 heterocycles. The molecule has 0 bridgehead atoms. The molecule has 2 amide bonds. The first kappa shape index (κ1) is 20.1. The zero-order valence-corrected chi connectivity index (χ0v) is 16.0. The zero-order valence-electron chi connectivity index (χ0n) is 16.0. The van der Waals surface area contributed by atoms with Crippen LogP contribution in [0.25, 0.3) is 0 Å². The van der Waals surface area contributed by atoms with E-state index >= 15 is 0 Å². The molecule has 0 aliphatic carbocycles. The fourth-order valence-corrected chi connectivity index (χ4v) is 2.58. The number of rotatable bonds is 8. The van der Waals surface area contributed by atoms with Gasteiger partial charge in [-0.05, 0) is 41.8 Å². The number of carbonyl (C=O) groups is 1. The van der Waals surface area contributed by atoms with Crippen LogP contribution in [-0.2, 0) is 13.0 Å². The lowest BCUT2D eigenvalue weighted by Gasteiger charge is -2.09. The second kappa shape index (κ2) is 10.1. The Kier molecular flexibility index (Phi) is 7.00. The number of carbonyl (C=O) groups excluding carboxylic acids is 1. The van der Waals surface area contributed by atoms with Crippen LogP contribution in [0.4, 0.5) is 9.18 Å². The Morgan fingerprint density at radius 3 is 2.48 bits per heavy atom. The molecule has 29 heavy (non-hydrogen) atoms. The van der Waals surface area contributed by atoms with Crippen molar-refractivity contribution in [2.75, 3.05) is 13.7 Å². The van der Waals surface area contributed by atoms with Gasteiger partial charge in [-0.25, -0.2) is 14.2 Å². The summed E-state index contributed by atoms with van der Waals surface area (Å²) < 4.78 is 23.8. The number of hydrogen-bond donors (Lipinski definition) is 2. The molecular formula is C22H22FN3O3. The van der Waals surface area contributed by atoms with E-state index in [4.69, 9.17) is 9.47 Å². The van der Waals surface area contributed by atoms with Crippen molar-refractivity contribution in [2.45, 2.75) is 13.0 Å². The standard InChI is InChI=1S/C22H22FN3O3/c1-28-19-8-5-16(6-9-19)11-12-24-22(27)26-15-17-7-10-21(25-14-17)29-20-4-2-3-18(23)13-20/h2-10,13-14H,11-12,15H2,1H3,(H2,24,26,27). The van der Waals surface area contributed by atoms with Gasteiger partial charge in [0.15, 0.2) is 0 Å². The van der Waals surface area contributed by atoms with Crippen LogP contribution in [0.2, 0.25) is 0 Å². The molecule has 150 valence electrons. The predicted molar refractivity (Wildman–Crippen MR) is 108 cm³/mol. The van der Waals surface area contributed by atoms with E-state index in [9.17, 15) is 9.18 Å². The zero-order chi connectivity index (χ0) is 20.5. The highest BCUT2D eigenvalue weighted by Gasteiger charge is 2.03. The van der Waals surface area contributed by atoms with Crippen molar-refractivity contribution in [1.29, 1.82) is 0 Å². The minimum Gasteiger partial charge on any atom is -0.497 e. The van der Waals surface area contributed by atoms with Gasteiger partial charge in [0.1, 0.15) is 17.3 Å². The molecule has 0 spiro atoms. The Morgan fingerprint density at radius 2 is 1.79 bits per heavy atom. The molecule has 3 rings (SSSR count). The second-order valence-corrected chi connectivity index (χ2v) is 6.27. The van der Waals surface area contributed by atoms with Gasteiger partial charge >= 0.3 is 6.03 Å². The van der Waals surface area contributed by atoms with Crippen molar-refractivity contribution in [1.82, 2.24) is 15.6 Å². The summed E-state index contributed by atoms with van der Waals surface area (Å²) in [4.78, 5) is 16.1. The summed E-state index contributed by atoms with van der Waals surface area (Å²) in [5.41, 5.74) is 1.94. The maximum absolute atomic E-state index is 13.2. The van der Waals surface area contributed by atoms with E-state index in [0.717, 1.165) is 23.3 Å². The Labute approximate surface area is 168 Å². The number of nitrogens with zero attached hydrogens (tertiary/aromatic N) is 1. The molecule has 0 radical (unpaired) electrons. The Hall–Kier alpha value is -3.61. The lowest BCUT2D eigenvalue weighted by molar-refractivity contribution is 0.240. The van der Waals surface area contributed by atoms with E-state index < -0.39 is 0 Å². The van der Waals surface area contributed by atoms with Gasteiger partial charge in [0.2, 0.25) is 5.88 Å². The second-order valence-electron chi connectivity index (χ2n) is 6.27. The van der Waals surface area contributed by atoms with Crippen molar-refractivity contribution < 1.29 is 18.7 Å². The monoisotopic (exact) mass is 395 g/mol. The van der Waals surface area contributed by atoms with E-state index in [-0.39, 0.29) is 11.8 Å². The summed E-state index contributed by atoms with van der Waals surface area (Å²) in [7, 11) is 1.63. The van der Waals surface area contributed by atoms with Crippen LogP contribution >= 0.6 is 0 Å². The number of amides is 2. The molecule has 3 aromatic rings. The average Bonchev–Trinajstić information content (AvgIpc) is 2.74. The molecule has 6 nitrogen and oxygen atoms in total. The summed E-state index contributed by atoms with van der Waals surface area (Å²) in [6, 6.07) is 16.8. The molecular weight excluding hydrogens is 373 g/mol. The summed E-state index contributed by atoms with van der Waals surface area (Å²) in [6.07, 6.45) is 2.33. The summed E-state index contributed by atoms with van der Waals surface area (Å²) in [5, 5.41) is 5.60. The lowest BCUT2D eigenvalue weighted by Crippen LogP contribution is -2.36. The van der Waals surface area contributed by atoms with Crippen LogP contribution in [0, 0.1) is 5.82 Å². The maximum Gasteiger partial charge on any atom is 0.315 e. The molecule has 0 fully saturated rings. The van der Waals surface area contributed by atoms with Gasteiger partial charge in [-0.2, -0.15) is 0 Å². The minimum absolute atomic E-state index is 0.251. The van der Waals surface area contributed by atoms with Crippen molar-refractivity contribution in [2.24, 2.45) is 0 Å². The van der Waals surface area contributed by atoms with Gasteiger partial charge in [-0.3, -0.25) is 0 Å². The fraction of sp³-hybridized carbons (Fsp3) is 0.182. The SMILES string of the molecule is COc1ccc(CCNC(=O)NCc2ccc(Oc3cccc(F)c3)nc2)cc1. The Balaban J connectivity index is 1.39. The highest BCUT2D eigenvalue weighted by molar-refractivity contribution is 5.73. The van der Waals surface area contributed by atoms with Crippen LogP contribution in [0.1, 0.15) is 11.1 Å². The largest absolute Gasteiger partial charge is 0.497 e. The van der Waals surface area contributed by atoms with Gasteiger partial charge in [0.25, 0.3) is 0 Å². The molecule has 0 aliphatic heterocycles. The van der Waals surface area contributed by atoms with E-state index in [1.165, 1.54) is 12.1 Å². The first-order chi connectivity index (χ1) is 14.1. The van der Waals surface area contributed by atoms with E-state index in [1.54, 1.807) is 37.6 Å². The number of hydrogen-bond acceptors (Lipinski definition) is 4. The molecule has 2 aromatic carbocycles. The lowest BCUT2D eigenvalue weighted by atomic mass is 10.1. The third-order valence-electron chi connectivity index (χ3n) is 4.13. The molecule has 0 aliphatic rings. The quantitative estimate of drug-likeness (QED) is 0.603. The number of pyridine rings is 1. The first-order valence-corrected chi connectivity index (χ1v) is 9.15. The number of methoxy groups -OCH3 is 1. The van der Waals surface area contributed by atoms with Crippen molar-refractivity contribution in [3.8, 4) is 17.4 Å². The number of nitrogens with one attached hydrogen (secondary N) is 2. The van der Waals surface area contributed by atoms with Gasteiger partial charge in [0.05, 0.1) is 7.11 Å². The van der Waals surface area contributed by atoms with Crippen LogP contribution < -0.4 is 20.1 Å². The topological polar surface area (TPSA) is 72.5 Å². The number of ether oxygens (including phenoxy) is 2. The van der Waals surface area contributed by atoms with E-state index in [2.05, 4.69) is 15.6 Å². The van der Waals surface area contributed by atoms with Crippen LogP contribution in [-0.4, -0.2) is 24.7 Å². The summed E-state index contributed by atoms with van der Waals surface area (Å²) in [5.74, 6) is 1.16. The van der Waals surface area contributed by atoms with E-state index in [0.29, 0.717) is 24.7 Å². The van der Waals surface area contributed by atoms with Crippen molar-refractivity contribution >= 4 is 6.03 Å². The molecule has 0 atom stereocenters. The first-order valence-electron chi connectivity index (χ1n) is 9.15. The minimum atomic E-state index is -0.374. The molecule has 0 saturated carbocycles. The molecule has 0 saturated heterocycles. The van der Waals surface area contributed by atoms with Gasteiger partial charge in [-0.1, -0.05) is 24.3 Å². The fourth-order valence-electron chi connectivity index (χ4n) is 2.58. The number of urea groups is 1. The Bertz CT molecular complexity index is 931. The maximum atomic E-state index is 13.2. The normalized spacial score (nSPS) is 10.3. The predicted octanol–water partition coefficient (Wildman–Crippen LogP) is 4.06. The highest BCUT2D eigenvalue weighted by atomic mass is 19.1. The third-order valence-corrected chi connectivity index (χ3v) is 4.13. The number of halogens is 1. The Morgan fingerprint density at radius 1 is 1.00 bits per heavy atom. The van der Waals surface area contributed by atoms with Gasteiger partial charge in [0, 0.05) is 31.4 Å². The van der Waals surface area contributed by atoms with Crippen molar-refractivity contribution in [3.05, 3.63) is 83.8 Å². The third kappa shape index (κ3) is 6.49. The summed E-state index contributed by atoms with van der Waals surface area (Å²) >= 11 is 0. The van der Waals surface area contributed by atoms with Crippen LogP contribution in [0.3, 0.4) is 0 Å². The highest BCUT2D eigenvalue weighted by Crippen LogP contribution is 2.20. The average molecular weight is 395 g/mol. The van der Waals surface area contributed by atoms with Crippen LogP contribution in [0.15, 0.2) is 66.9 Å². The smallest absolute Gasteiger partial charge is 0.315 e. The van der Waals surface area contributed by atoms with Gasteiger partial charge in [-0.15, -0.1) is 0 Å².